The molecule has 0 saturated carbocycles. The minimum atomic E-state index is -0.348. The van der Waals surface area contributed by atoms with Gasteiger partial charge in [0.2, 0.25) is 11.8 Å². The number of benzene rings is 1. The van der Waals surface area contributed by atoms with Gasteiger partial charge in [-0.1, -0.05) is 6.07 Å². The van der Waals surface area contributed by atoms with Crippen molar-refractivity contribution >= 4 is 52.5 Å². The quantitative estimate of drug-likeness (QED) is 0.679. The molecule has 0 saturated heterocycles. The molecule has 1 rings (SSSR count). The van der Waals surface area contributed by atoms with Crippen molar-refractivity contribution in [2.24, 2.45) is 5.73 Å². The summed E-state index contributed by atoms with van der Waals surface area (Å²) >= 11 is 2.20. The van der Waals surface area contributed by atoms with Gasteiger partial charge in [-0.05, 0) is 47.2 Å². The Morgan fingerprint density at radius 3 is 2.56 bits per heavy atom. The van der Waals surface area contributed by atoms with E-state index in [1.54, 1.807) is 0 Å². The maximum Gasteiger partial charge on any atom is 0.243 e. The highest BCUT2D eigenvalue weighted by atomic mass is 127. The van der Waals surface area contributed by atoms with Crippen LogP contribution < -0.4 is 16.4 Å². The van der Waals surface area contributed by atoms with Crippen LogP contribution in [-0.4, -0.2) is 24.9 Å². The van der Waals surface area contributed by atoms with Gasteiger partial charge in [0.05, 0.1) is 13.1 Å². The third-order valence-electron chi connectivity index (χ3n) is 2.09. The Bertz CT molecular complexity index is 440. The van der Waals surface area contributed by atoms with Gasteiger partial charge in [-0.3, -0.25) is 9.59 Å². The van der Waals surface area contributed by atoms with Crippen molar-refractivity contribution in [3.05, 3.63) is 27.3 Å². The predicted octanol–water partition coefficient (Wildman–Crippen LogP) is 1.03. The number of anilines is 1. The van der Waals surface area contributed by atoms with E-state index in [4.69, 9.17) is 5.73 Å². The van der Waals surface area contributed by atoms with Crippen LogP contribution in [0.15, 0.2) is 18.2 Å². The highest BCUT2D eigenvalue weighted by molar-refractivity contribution is 14.1. The summed E-state index contributed by atoms with van der Waals surface area (Å²) in [6.45, 7) is 1.81. The molecule has 1 aromatic carbocycles. The topological polar surface area (TPSA) is 84.2 Å². The molecule has 0 spiro atoms. The second-order valence-corrected chi connectivity index (χ2v) is 4.66. The van der Waals surface area contributed by atoms with Gasteiger partial charge >= 0.3 is 0 Å². The second kappa shape index (κ2) is 8.28. The second-order valence-electron chi connectivity index (χ2n) is 3.49. The first-order valence-electron chi connectivity index (χ1n) is 5.05. The molecular formula is C11H15ClIN3O2. The maximum absolute atomic E-state index is 11.5. The van der Waals surface area contributed by atoms with Crippen molar-refractivity contribution in [2.45, 2.75) is 6.92 Å². The van der Waals surface area contributed by atoms with Gasteiger partial charge in [0.15, 0.2) is 0 Å². The number of rotatable bonds is 4. The molecule has 0 heterocycles. The van der Waals surface area contributed by atoms with Crippen LogP contribution in [0.5, 0.6) is 0 Å². The van der Waals surface area contributed by atoms with E-state index in [0.717, 1.165) is 9.13 Å². The standard InChI is InChI=1S/C11H14IN3O2.ClH/c1-7-2-3-8(4-9(7)12)15-11(17)6-14-10(16)5-13;/h2-4H,5-6,13H2,1H3,(H,14,16)(H,15,17);1H. The Morgan fingerprint density at radius 1 is 1.33 bits per heavy atom. The Balaban J connectivity index is 0.00000289. The van der Waals surface area contributed by atoms with Gasteiger partial charge in [0, 0.05) is 9.26 Å². The van der Waals surface area contributed by atoms with E-state index < -0.39 is 0 Å². The molecule has 0 bridgehead atoms. The number of carbonyl (C=O) groups excluding carboxylic acids is 2. The van der Waals surface area contributed by atoms with Gasteiger partial charge in [-0.15, -0.1) is 12.4 Å². The number of halogens is 2. The van der Waals surface area contributed by atoms with Gasteiger partial charge in [-0.25, -0.2) is 0 Å². The molecule has 1 aromatic rings. The van der Waals surface area contributed by atoms with E-state index in [-0.39, 0.29) is 37.3 Å². The largest absolute Gasteiger partial charge is 0.346 e. The molecule has 5 nitrogen and oxygen atoms in total. The number of hydrogen-bond donors (Lipinski definition) is 3. The lowest BCUT2D eigenvalue weighted by molar-refractivity contribution is -0.123. The van der Waals surface area contributed by atoms with Crippen molar-refractivity contribution in [3.8, 4) is 0 Å². The van der Waals surface area contributed by atoms with E-state index >= 15 is 0 Å². The normalized spacial score (nSPS) is 9.28. The van der Waals surface area contributed by atoms with Crippen LogP contribution in [0, 0.1) is 10.5 Å². The smallest absolute Gasteiger partial charge is 0.243 e. The molecule has 0 aromatic heterocycles. The zero-order valence-corrected chi connectivity index (χ0v) is 12.8. The fraction of sp³-hybridized carbons (Fsp3) is 0.273. The van der Waals surface area contributed by atoms with Crippen LogP contribution in [0.1, 0.15) is 5.56 Å². The first-order chi connectivity index (χ1) is 8.02. The summed E-state index contributed by atoms with van der Waals surface area (Å²) in [5, 5.41) is 5.09. The summed E-state index contributed by atoms with van der Waals surface area (Å²) in [6, 6.07) is 5.62. The molecule has 0 aliphatic carbocycles. The molecule has 0 unspecified atom stereocenters. The lowest BCUT2D eigenvalue weighted by Crippen LogP contribution is -2.36. The Kier molecular flexibility index (Phi) is 7.88. The van der Waals surface area contributed by atoms with E-state index in [1.165, 1.54) is 0 Å². The summed E-state index contributed by atoms with van der Waals surface area (Å²) in [5.41, 5.74) is 6.97. The minimum Gasteiger partial charge on any atom is -0.346 e. The number of amides is 2. The molecule has 0 atom stereocenters. The molecule has 0 aliphatic rings. The average molecular weight is 384 g/mol. The zero-order valence-electron chi connectivity index (χ0n) is 9.83. The Morgan fingerprint density at radius 2 is 2.00 bits per heavy atom. The predicted molar refractivity (Wildman–Crippen MR) is 81.8 cm³/mol. The summed E-state index contributed by atoms with van der Waals surface area (Å²) in [6.07, 6.45) is 0. The van der Waals surface area contributed by atoms with Gasteiger partial charge in [0.1, 0.15) is 0 Å². The Hall–Kier alpha value is -0.860. The van der Waals surface area contributed by atoms with E-state index in [9.17, 15) is 9.59 Å². The van der Waals surface area contributed by atoms with Crippen LogP contribution in [0.3, 0.4) is 0 Å². The molecule has 0 aliphatic heterocycles. The van der Waals surface area contributed by atoms with Crippen LogP contribution >= 0.6 is 35.0 Å². The third-order valence-corrected chi connectivity index (χ3v) is 3.25. The van der Waals surface area contributed by atoms with Crippen LogP contribution in [-0.2, 0) is 9.59 Å². The average Bonchev–Trinajstić information content (AvgIpc) is 2.31. The minimum absolute atomic E-state index is 0. The fourth-order valence-electron chi connectivity index (χ4n) is 1.13. The fourth-order valence-corrected chi connectivity index (χ4v) is 1.64. The SMILES string of the molecule is Cc1ccc(NC(=O)CNC(=O)CN)cc1I.Cl. The van der Waals surface area contributed by atoms with E-state index in [0.29, 0.717) is 5.69 Å². The monoisotopic (exact) mass is 383 g/mol. The summed E-state index contributed by atoms with van der Waals surface area (Å²) in [5.74, 6) is -0.620. The molecular weight excluding hydrogens is 368 g/mol. The highest BCUT2D eigenvalue weighted by Gasteiger charge is 2.05. The van der Waals surface area contributed by atoms with Crippen molar-refractivity contribution in [3.63, 3.8) is 0 Å². The first-order valence-corrected chi connectivity index (χ1v) is 6.13. The molecule has 0 fully saturated rings. The van der Waals surface area contributed by atoms with Crippen molar-refractivity contribution in [1.82, 2.24) is 5.32 Å². The van der Waals surface area contributed by atoms with E-state index in [1.807, 2.05) is 25.1 Å². The Labute approximate surface area is 125 Å². The first kappa shape index (κ1) is 17.1. The maximum atomic E-state index is 11.5. The highest BCUT2D eigenvalue weighted by Crippen LogP contribution is 2.16. The molecule has 7 heteroatoms. The molecule has 100 valence electrons. The van der Waals surface area contributed by atoms with Gasteiger partial charge in [0.25, 0.3) is 0 Å². The number of nitrogens with two attached hydrogens (primary N) is 1. The van der Waals surface area contributed by atoms with Crippen LogP contribution in [0.4, 0.5) is 5.69 Å². The van der Waals surface area contributed by atoms with Crippen LogP contribution in [0.2, 0.25) is 0 Å². The van der Waals surface area contributed by atoms with E-state index in [2.05, 4.69) is 33.2 Å². The zero-order chi connectivity index (χ0) is 12.8. The summed E-state index contributed by atoms with van der Waals surface area (Å²) < 4.78 is 1.08. The van der Waals surface area contributed by atoms with Crippen molar-refractivity contribution < 1.29 is 9.59 Å². The number of carbonyl (C=O) groups is 2. The number of hydrogen-bond acceptors (Lipinski definition) is 3. The summed E-state index contributed by atoms with van der Waals surface area (Å²) in [4.78, 5) is 22.3. The molecule has 18 heavy (non-hydrogen) atoms. The lowest BCUT2D eigenvalue weighted by atomic mass is 10.2. The molecule has 4 N–H and O–H groups in total. The van der Waals surface area contributed by atoms with Gasteiger partial charge in [-0.2, -0.15) is 0 Å². The number of aryl methyl sites for hydroxylation is 1. The molecule has 0 radical (unpaired) electrons. The summed E-state index contributed by atoms with van der Waals surface area (Å²) in [7, 11) is 0. The lowest BCUT2D eigenvalue weighted by Gasteiger charge is -2.07. The molecule has 2 amide bonds. The van der Waals surface area contributed by atoms with Crippen LogP contribution in [0.25, 0.3) is 0 Å². The van der Waals surface area contributed by atoms with Gasteiger partial charge < -0.3 is 16.4 Å². The van der Waals surface area contributed by atoms with Crippen molar-refractivity contribution in [2.75, 3.05) is 18.4 Å². The third kappa shape index (κ3) is 5.65. The van der Waals surface area contributed by atoms with Crippen molar-refractivity contribution in [1.29, 1.82) is 0 Å². The number of nitrogens with one attached hydrogen (secondary N) is 2.